The highest BCUT2D eigenvalue weighted by molar-refractivity contribution is 6.31. The molecule has 0 radical (unpaired) electrons. The van der Waals surface area contributed by atoms with E-state index in [0.29, 0.717) is 11.3 Å². The maximum absolute atomic E-state index is 14.3. The second-order valence-corrected chi connectivity index (χ2v) is 8.95. The van der Waals surface area contributed by atoms with Gasteiger partial charge in [0.25, 0.3) is 11.6 Å². The Labute approximate surface area is 245 Å². The second kappa shape index (κ2) is 12.3. The third-order valence-electron chi connectivity index (χ3n) is 5.93. The lowest BCUT2D eigenvalue weighted by Crippen LogP contribution is -2.19. The molecule has 15 nitrogen and oxygen atoms in total. The summed E-state index contributed by atoms with van der Waals surface area (Å²) < 4.78 is 31.2. The highest BCUT2D eigenvalue weighted by Gasteiger charge is 2.26. The molecule has 2 aromatic heterocycles. The number of hydrogen-bond acceptors (Lipinski definition) is 12. The van der Waals surface area contributed by atoms with E-state index in [1.165, 1.54) is 55.8 Å². The average Bonchev–Trinajstić information content (AvgIpc) is 3.63. The SMILES string of the molecule is COc1cccc(/C=N\NC(=O)c2nnn(-c3nonc3N)c2-c2cccc([N+](=O)[O-])c2)c1OCc1c(F)cccc1Cl. The van der Waals surface area contributed by atoms with Crippen LogP contribution in [0.1, 0.15) is 21.6 Å². The van der Waals surface area contributed by atoms with Crippen LogP contribution in [0.4, 0.5) is 15.9 Å². The first kappa shape index (κ1) is 28.6. The number of carbonyl (C=O) groups excluding carboxylic acids is 1. The number of nitrogens with zero attached hydrogens (tertiary/aromatic N) is 7. The maximum Gasteiger partial charge on any atom is 0.294 e. The molecule has 0 aliphatic heterocycles. The number of ether oxygens (including phenoxy) is 2. The van der Waals surface area contributed by atoms with E-state index in [0.717, 1.165) is 4.68 Å². The molecule has 0 atom stereocenters. The summed E-state index contributed by atoms with van der Waals surface area (Å²) in [4.78, 5) is 24.0. The van der Waals surface area contributed by atoms with Crippen LogP contribution in [0.15, 0.2) is 70.4 Å². The molecule has 218 valence electrons. The van der Waals surface area contributed by atoms with E-state index < -0.39 is 16.6 Å². The Morgan fingerprint density at radius 3 is 2.74 bits per heavy atom. The van der Waals surface area contributed by atoms with Gasteiger partial charge in [-0.1, -0.05) is 41.1 Å². The minimum atomic E-state index is -0.831. The molecule has 5 aromatic rings. The number of nitrogen functional groups attached to an aromatic ring is 1. The number of carbonyl (C=O) groups is 1. The van der Waals surface area contributed by atoms with Crippen LogP contribution in [-0.4, -0.2) is 49.5 Å². The van der Waals surface area contributed by atoms with Gasteiger partial charge in [-0.3, -0.25) is 14.9 Å². The van der Waals surface area contributed by atoms with Crippen LogP contribution >= 0.6 is 11.6 Å². The standard InChI is InChI=1S/C26H19ClFN9O6/c1-41-20-10-3-6-15(23(20)42-13-17-18(27)8-4-9-19(17)28)12-30-32-26(38)21-22(14-5-2-7-16(11-14)37(39)40)36(35-31-21)25-24(29)33-43-34-25/h2-12H,13H2,1H3,(H2,29,33)(H,32,38)/b30-12-. The zero-order valence-electron chi connectivity index (χ0n) is 22.0. The number of para-hydroxylation sites is 1. The lowest BCUT2D eigenvalue weighted by Gasteiger charge is -2.14. The number of methoxy groups -OCH3 is 1. The fraction of sp³-hybridized carbons (Fsp3) is 0.0769. The number of nitro groups is 1. The van der Waals surface area contributed by atoms with E-state index in [4.69, 9.17) is 26.8 Å². The Kier molecular flexibility index (Phi) is 8.20. The average molecular weight is 608 g/mol. The molecule has 5 rings (SSSR count). The smallest absolute Gasteiger partial charge is 0.294 e. The van der Waals surface area contributed by atoms with Gasteiger partial charge in [0.15, 0.2) is 17.2 Å². The summed E-state index contributed by atoms with van der Waals surface area (Å²) in [6, 6.07) is 14.6. The van der Waals surface area contributed by atoms with Crippen molar-refractivity contribution in [3.05, 3.63) is 98.4 Å². The van der Waals surface area contributed by atoms with Gasteiger partial charge in [0, 0.05) is 28.8 Å². The van der Waals surface area contributed by atoms with Gasteiger partial charge in [0.05, 0.1) is 23.3 Å². The minimum Gasteiger partial charge on any atom is -0.493 e. The molecule has 43 heavy (non-hydrogen) atoms. The van der Waals surface area contributed by atoms with E-state index in [2.05, 4.69) is 35.8 Å². The Morgan fingerprint density at radius 2 is 2.02 bits per heavy atom. The van der Waals surface area contributed by atoms with Crippen LogP contribution in [0.5, 0.6) is 11.5 Å². The minimum absolute atomic E-state index is 0.00553. The largest absolute Gasteiger partial charge is 0.493 e. The van der Waals surface area contributed by atoms with Crippen molar-refractivity contribution in [2.75, 3.05) is 12.8 Å². The monoisotopic (exact) mass is 607 g/mol. The number of hydrazone groups is 1. The molecular weight excluding hydrogens is 589 g/mol. The van der Waals surface area contributed by atoms with E-state index >= 15 is 0 Å². The topological polar surface area (TPSA) is 199 Å². The molecule has 0 unspecified atom stereocenters. The molecule has 0 aliphatic rings. The number of aromatic nitrogens is 5. The molecule has 0 fully saturated rings. The van der Waals surface area contributed by atoms with Crippen LogP contribution in [0.2, 0.25) is 5.02 Å². The van der Waals surface area contributed by atoms with Crippen molar-refractivity contribution in [2.24, 2.45) is 5.10 Å². The van der Waals surface area contributed by atoms with Crippen molar-refractivity contribution in [2.45, 2.75) is 6.61 Å². The molecule has 3 N–H and O–H groups in total. The number of non-ortho nitro benzene ring substituents is 1. The Morgan fingerprint density at radius 1 is 1.23 bits per heavy atom. The maximum atomic E-state index is 14.3. The van der Waals surface area contributed by atoms with E-state index in [9.17, 15) is 19.3 Å². The highest BCUT2D eigenvalue weighted by atomic mass is 35.5. The summed E-state index contributed by atoms with van der Waals surface area (Å²) in [5, 5.41) is 30.6. The molecule has 17 heteroatoms. The van der Waals surface area contributed by atoms with Gasteiger partial charge in [-0.2, -0.15) is 9.78 Å². The molecule has 0 aliphatic carbocycles. The Hall–Kier alpha value is -5.90. The normalized spacial score (nSPS) is 11.0. The molecule has 2 heterocycles. The number of halogens is 2. The predicted octanol–water partition coefficient (Wildman–Crippen LogP) is 3.95. The summed E-state index contributed by atoms with van der Waals surface area (Å²) in [6.07, 6.45) is 1.27. The summed E-state index contributed by atoms with van der Waals surface area (Å²) in [7, 11) is 1.43. The molecule has 0 saturated carbocycles. The first-order valence-corrected chi connectivity index (χ1v) is 12.5. The predicted molar refractivity (Wildman–Crippen MR) is 150 cm³/mol. The summed E-state index contributed by atoms with van der Waals surface area (Å²) in [6.45, 7) is -0.214. The fourth-order valence-electron chi connectivity index (χ4n) is 3.92. The lowest BCUT2D eigenvalue weighted by atomic mass is 10.1. The zero-order valence-corrected chi connectivity index (χ0v) is 22.7. The number of rotatable bonds is 10. The Balaban J connectivity index is 1.44. The molecular formula is C26H19ClFN9O6. The third-order valence-corrected chi connectivity index (χ3v) is 6.29. The van der Waals surface area contributed by atoms with Gasteiger partial charge in [0.1, 0.15) is 18.1 Å². The van der Waals surface area contributed by atoms with Crippen LogP contribution in [0.25, 0.3) is 17.1 Å². The van der Waals surface area contributed by atoms with Gasteiger partial charge in [-0.15, -0.1) is 5.10 Å². The van der Waals surface area contributed by atoms with E-state index in [1.54, 1.807) is 18.2 Å². The quantitative estimate of drug-likeness (QED) is 0.132. The number of nitrogens with one attached hydrogen (secondary N) is 1. The number of amides is 1. The van der Waals surface area contributed by atoms with Crippen molar-refractivity contribution >= 4 is 35.2 Å². The van der Waals surface area contributed by atoms with Gasteiger partial charge < -0.3 is 15.2 Å². The summed E-state index contributed by atoms with van der Waals surface area (Å²) >= 11 is 6.12. The van der Waals surface area contributed by atoms with Crippen molar-refractivity contribution in [1.29, 1.82) is 0 Å². The molecule has 3 aromatic carbocycles. The summed E-state index contributed by atoms with van der Waals surface area (Å²) in [5.41, 5.74) is 8.35. The van der Waals surface area contributed by atoms with Crippen molar-refractivity contribution < 1.29 is 28.2 Å². The van der Waals surface area contributed by atoms with Crippen LogP contribution < -0.4 is 20.6 Å². The molecule has 0 spiro atoms. The van der Waals surface area contributed by atoms with Crippen molar-refractivity contribution in [3.8, 4) is 28.6 Å². The van der Waals surface area contributed by atoms with Crippen molar-refractivity contribution in [3.63, 3.8) is 0 Å². The molecule has 0 saturated heterocycles. The number of benzene rings is 3. The molecule has 0 bridgehead atoms. The summed E-state index contributed by atoms with van der Waals surface area (Å²) in [5.74, 6) is -1.10. The van der Waals surface area contributed by atoms with Gasteiger partial charge in [-0.25, -0.2) is 14.4 Å². The van der Waals surface area contributed by atoms with Crippen LogP contribution in [-0.2, 0) is 6.61 Å². The number of hydrogen-bond donors (Lipinski definition) is 2. The number of nitro benzene ring substituents is 1. The van der Waals surface area contributed by atoms with E-state index in [1.807, 2.05) is 0 Å². The van der Waals surface area contributed by atoms with Gasteiger partial charge in [-0.05, 0) is 34.6 Å². The first-order valence-electron chi connectivity index (χ1n) is 12.1. The number of anilines is 1. The van der Waals surface area contributed by atoms with Gasteiger partial charge >= 0.3 is 0 Å². The third kappa shape index (κ3) is 5.94. The second-order valence-electron chi connectivity index (χ2n) is 8.55. The van der Waals surface area contributed by atoms with Crippen LogP contribution in [0, 0.1) is 15.9 Å². The van der Waals surface area contributed by atoms with Crippen molar-refractivity contribution in [1.82, 2.24) is 30.7 Å². The van der Waals surface area contributed by atoms with Gasteiger partial charge in [0.2, 0.25) is 11.6 Å². The number of nitrogens with two attached hydrogens (primary N) is 1. The molecule has 1 amide bonds. The zero-order chi connectivity index (χ0) is 30.5. The fourth-order valence-corrected chi connectivity index (χ4v) is 4.14. The van der Waals surface area contributed by atoms with E-state index in [-0.39, 0.29) is 57.2 Å². The lowest BCUT2D eigenvalue weighted by molar-refractivity contribution is -0.384. The Bertz CT molecular complexity index is 1840. The highest BCUT2D eigenvalue weighted by Crippen LogP contribution is 2.32. The first-order chi connectivity index (χ1) is 20.8. The van der Waals surface area contributed by atoms with Crippen LogP contribution in [0.3, 0.4) is 0 Å².